The van der Waals surface area contributed by atoms with Gasteiger partial charge < -0.3 is 4.74 Å². The summed E-state index contributed by atoms with van der Waals surface area (Å²) in [6, 6.07) is 14.1. The average molecular weight is 340 g/mol. The summed E-state index contributed by atoms with van der Waals surface area (Å²) in [4.78, 5) is 0.248. The first-order chi connectivity index (χ1) is 9.10. The molecule has 0 fully saturated rings. The van der Waals surface area contributed by atoms with Crippen molar-refractivity contribution in [2.24, 2.45) is 0 Å². The lowest BCUT2D eigenvalue weighted by molar-refractivity contribution is 0.414. The Kier molecular flexibility index (Phi) is 4.89. The van der Waals surface area contributed by atoms with Crippen LogP contribution in [0.5, 0.6) is 5.75 Å². The predicted molar refractivity (Wildman–Crippen MR) is 84.6 cm³/mol. The van der Waals surface area contributed by atoms with E-state index in [9.17, 15) is 0 Å². The zero-order chi connectivity index (χ0) is 13.8. The molecule has 19 heavy (non-hydrogen) atoms. The zero-order valence-corrected chi connectivity index (χ0v) is 13.3. The number of benzene rings is 2. The van der Waals surface area contributed by atoms with Crippen molar-refractivity contribution >= 4 is 27.5 Å². The highest BCUT2D eigenvalue weighted by Gasteiger charge is 2.12. The van der Waals surface area contributed by atoms with Gasteiger partial charge >= 0.3 is 0 Å². The molecule has 1 atom stereocenters. The highest BCUT2D eigenvalue weighted by atomic mass is 79.9. The van der Waals surface area contributed by atoms with E-state index in [1.807, 2.05) is 24.3 Å². The highest BCUT2D eigenvalue weighted by molar-refractivity contribution is 9.09. The van der Waals surface area contributed by atoms with Crippen LogP contribution in [0, 0.1) is 6.92 Å². The molecule has 0 spiro atoms. The lowest BCUT2D eigenvalue weighted by atomic mass is 10.0. The van der Waals surface area contributed by atoms with Crippen molar-refractivity contribution in [3.05, 3.63) is 64.2 Å². The molecular weight excluding hydrogens is 324 g/mol. The molecule has 3 heteroatoms. The minimum absolute atomic E-state index is 0.248. The van der Waals surface area contributed by atoms with Crippen molar-refractivity contribution < 1.29 is 4.74 Å². The van der Waals surface area contributed by atoms with Crippen molar-refractivity contribution in [2.75, 3.05) is 7.11 Å². The molecule has 0 aliphatic rings. The van der Waals surface area contributed by atoms with Crippen LogP contribution in [0.2, 0.25) is 5.02 Å². The van der Waals surface area contributed by atoms with Crippen molar-refractivity contribution in [3.63, 3.8) is 0 Å². The van der Waals surface area contributed by atoms with Gasteiger partial charge in [-0.1, -0.05) is 45.7 Å². The van der Waals surface area contributed by atoms with E-state index in [1.54, 1.807) is 7.11 Å². The van der Waals surface area contributed by atoms with Gasteiger partial charge in [0.15, 0.2) is 0 Å². The molecule has 0 aromatic heterocycles. The molecule has 0 amide bonds. The first-order valence-corrected chi connectivity index (χ1v) is 7.42. The summed E-state index contributed by atoms with van der Waals surface area (Å²) in [6.07, 6.45) is 0.901. The van der Waals surface area contributed by atoms with Crippen LogP contribution in [0.4, 0.5) is 0 Å². The van der Waals surface area contributed by atoms with E-state index in [0.29, 0.717) is 0 Å². The van der Waals surface area contributed by atoms with Gasteiger partial charge in [-0.25, -0.2) is 0 Å². The Labute approximate surface area is 127 Å². The summed E-state index contributed by atoms with van der Waals surface area (Å²) in [5, 5.41) is 0.774. The van der Waals surface area contributed by atoms with Crippen LogP contribution in [-0.4, -0.2) is 7.11 Å². The minimum Gasteiger partial charge on any atom is -0.497 e. The third-order valence-corrected chi connectivity index (χ3v) is 4.18. The predicted octanol–water partition coefficient (Wildman–Crippen LogP) is 5.34. The van der Waals surface area contributed by atoms with Crippen LogP contribution in [0.1, 0.15) is 21.5 Å². The second-order valence-electron chi connectivity index (χ2n) is 4.52. The van der Waals surface area contributed by atoms with Gasteiger partial charge in [-0.3, -0.25) is 0 Å². The number of hydrogen-bond acceptors (Lipinski definition) is 1. The molecule has 0 saturated carbocycles. The van der Waals surface area contributed by atoms with Gasteiger partial charge in [-0.15, -0.1) is 0 Å². The molecule has 0 heterocycles. The maximum atomic E-state index is 6.07. The molecule has 0 bridgehead atoms. The molecule has 0 radical (unpaired) electrons. The standard InChI is InChI=1S/C16H16BrClO/c1-11-6-7-13(18)10-15(11)16(17)9-12-4-3-5-14(8-12)19-2/h3-8,10,16H,9H2,1-2H3. The highest BCUT2D eigenvalue weighted by Crippen LogP contribution is 2.32. The number of methoxy groups -OCH3 is 1. The number of rotatable bonds is 4. The summed E-state index contributed by atoms with van der Waals surface area (Å²) < 4.78 is 5.25. The van der Waals surface area contributed by atoms with E-state index in [4.69, 9.17) is 16.3 Å². The number of aryl methyl sites for hydroxylation is 1. The number of alkyl halides is 1. The fourth-order valence-electron chi connectivity index (χ4n) is 2.07. The Morgan fingerprint density at radius 2 is 2.00 bits per heavy atom. The normalized spacial score (nSPS) is 12.2. The molecular formula is C16H16BrClO. The molecule has 100 valence electrons. The van der Waals surface area contributed by atoms with Crippen LogP contribution in [-0.2, 0) is 6.42 Å². The third-order valence-electron chi connectivity index (χ3n) is 3.13. The Morgan fingerprint density at radius 1 is 1.21 bits per heavy atom. The average Bonchev–Trinajstić information content (AvgIpc) is 2.41. The summed E-state index contributed by atoms with van der Waals surface area (Å²) in [7, 11) is 1.69. The Morgan fingerprint density at radius 3 is 2.74 bits per heavy atom. The van der Waals surface area contributed by atoms with Gasteiger partial charge in [0.25, 0.3) is 0 Å². The fraction of sp³-hybridized carbons (Fsp3) is 0.250. The second kappa shape index (κ2) is 6.44. The molecule has 0 aliphatic carbocycles. The molecule has 0 saturated heterocycles. The van der Waals surface area contributed by atoms with Crippen molar-refractivity contribution in [1.82, 2.24) is 0 Å². The molecule has 2 rings (SSSR count). The van der Waals surface area contributed by atoms with Gasteiger partial charge in [-0.05, 0) is 54.3 Å². The minimum atomic E-state index is 0.248. The molecule has 0 N–H and O–H groups in total. The van der Waals surface area contributed by atoms with Crippen molar-refractivity contribution in [3.8, 4) is 5.75 Å². The first-order valence-electron chi connectivity index (χ1n) is 6.13. The summed E-state index contributed by atoms with van der Waals surface area (Å²) in [6.45, 7) is 2.10. The quantitative estimate of drug-likeness (QED) is 0.684. The zero-order valence-electron chi connectivity index (χ0n) is 11.0. The third kappa shape index (κ3) is 3.74. The van der Waals surface area contributed by atoms with Crippen molar-refractivity contribution in [1.29, 1.82) is 0 Å². The molecule has 2 aromatic rings. The largest absolute Gasteiger partial charge is 0.497 e. The van der Waals surface area contributed by atoms with E-state index < -0.39 is 0 Å². The smallest absolute Gasteiger partial charge is 0.119 e. The molecule has 1 nitrogen and oxygen atoms in total. The second-order valence-corrected chi connectivity index (χ2v) is 6.07. The summed E-state index contributed by atoms with van der Waals surface area (Å²) in [5.74, 6) is 0.889. The lowest BCUT2D eigenvalue weighted by Crippen LogP contribution is -1.98. The summed E-state index contributed by atoms with van der Waals surface area (Å²) >= 11 is 9.83. The van der Waals surface area contributed by atoms with Crippen molar-refractivity contribution in [2.45, 2.75) is 18.2 Å². The fourth-order valence-corrected chi connectivity index (χ4v) is 3.11. The van der Waals surface area contributed by atoms with Crippen LogP contribution in [0.3, 0.4) is 0 Å². The van der Waals surface area contributed by atoms with Gasteiger partial charge in [0.05, 0.1) is 7.11 Å². The lowest BCUT2D eigenvalue weighted by Gasteiger charge is -2.14. The monoisotopic (exact) mass is 338 g/mol. The van der Waals surface area contributed by atoms with E-state index in [0.717, 1.165) is 17.2 Å². The SMILES string of the molecule is COc1cccc(CC(Br)c2cc(Cl)ccc2C)c1. The van der Waals surface area contributed by atoms with Gasteiger partial charge in [0.2, 0.25) is 0 Å². The maximum Gasteiger partial charge on any atom is 0.119 e. The Balaban J connectivity index is 2.20. The Hall–Kier alpha value is -0.990. The molecule has 1 unspecified atom stereocenters. The first kappa shape index (κ1) is 14.4. The topological polar surface area (TPSA) is 9.23 Å². The molecule has 0 aliphatic heterocycles. The number of halogens is 2. The molecule has 2 aromatic carbocycles. The van der Waals surface area contributed by atoms with E-state index >= 15 is 0 Å². The summed E-state index contributed by atoms with van der Waals surface area (Å²) in [5.41, 5.74) is 3.71. The van der Waals surface area contributed by atoms with Gasteiger partial charge in [-0.2, -0.15) is 0 Å². The van der Waals surface area contributed by atoms with E-state index in [2.05, 4.69) is 41.1 Å². The number of hydrogen-bond donors (Lipinski definition) is 0. The van der Waals surface area contributed by atoms with E-state index in [1.165, 1.54) is 16.7 Å². The maximum absolute atomic E-state index is 6.07. The van der Waals surface area contributed by atoms with Gasteiger partial charge in [0, 0.05) is 9.85 Å². The van der Waals surface area contributed by atoms with Gasteiger partial charge in [0.1, 0.15) is 5.75 Å². The van der Waals surface area contributed by atoms with E-state index in [-0.39, 0.29) is 4.83 Å². The van der Waals surface area contributed by atoms with Crippen LogP contribution in [0.15, 0.2) is 42.5 Å². The van der Waals surface area contributed by atoms with Crippen LogP contribution in [0.25, 0.3) is 0 Å². The number of ether oxygens (including phenoxy) is 1. The van der Waals surface area contributed by atoms with Crippen LogP contribution >= 0.6 is 27.5 Å². The Bertz CT molecular complexity index is 568. The van der Waals surface area contributed by atoms with Crippen LogP contribution < -0.4 is 4.74 Å².